The summed E-state index contributed by atoms with van der Waals surface area (Å²) in [5.74, 6) is 0.0607. The molecule has 24 heavy (non-hydrogen) atoms. The van der Waals surface area contributed by atoms with E-state index in [1.54, 1.807) is 29.1 Å². The van der Waals surface area contributed by atoms with Gasteiger partial charge in [0.25, 0.3) is 5.91 Å². The fourth-order valence-corrected chi connectivity index (χ4v) is 2.87. The van der Waals surface area contributed by atoms with Crippen molar-refractivity contribution in [3.05, 3.63) is 80.4 Å². The average Bonchev–Trinajstić information content (AvgIpc) is 2.89. The highest BCUT2D eigenvalue weighted by molar-refractivity contribution is 9.10. The number of carbonyl (C=O) groups is 1. The van der Waals surface area contributed by atoms with Gasteiger partial charge in [-0.3, -0.25) is 9.48 Å². The number of halogens is 3. The van der Waals surface area contributed by atoms with Crippen molar-refractivity contribution in [2.24, 2.45) is 0 Å². The van der Waals surface area contributed by atoms with Crippen molar-refractivity contribution in [2.75, 3.05) is 5.32 Å². The van der Waals surface area contributed by atoms with Crippen molar-refractivity contribution < 1.29 is 4.79 Å². The van der Waals surface area contributed by atoms with Gasteiger partial charge in [0, 0.05) is 21.3 Å². The van der Waals surface area contributed by atoms with Crippen LogP contribution in [0.5, 0.6) is 0 Å². The van der Waals surface area contributed by atoms with Crippen LogP contribution in [0.15, 0.2) is 59.2 Å². The predicted molar refractivity (Wildman–Crippen MR) is 99.9 cm³/mol. The quantitative estimate of drug-likeness (QED) is 0.621. The van der Waals surface area contributed by atoms with Gasteiger partial charge >= 0.3 is 0 Å². The van der Waals surface area contributed by atoms with Gasteiger partial charge in [-0.15, -0.1) is 0 Å². The zero-order valence-corrected chi connectivity index (χ0v) is 15.4. The Bertz CT molecular complexity index is 878. The second kappa shape index (κ2) is 7.38. The van der Waals surface area contributed by atoms with Crippen LogP contribution in [0.4, 0.5) is 5.82 Å². The van der Waals surface area contributed by atoms with Crippen LogP contribution in [-0.2, 0) is 6.54 Å². The Balaban J connectivity index is 1.74. The minimum Gasteiger partial charge on any atom is -0.304 e. The van der Waals surface area contributed by atoms with Crippen LogP contribution >= 0.6 is 39.1 Å². The SMILES string of the molecule is O=C(Nc1nn(Cc2ccc(Cl)cc2)cc1Cl)c1cccc(Br)c1. The van der Waals surface area contributed by atoms with E-state index in [0.717, 1.165) is 10.0 Å². The van der Waals surface area contributed by atoms with E-state index < -0.39 is 0 Å². The van der Waals surface area contributed by atoms with Gasteiger partial charge < -0.3 is 5.32 Å². The topological polar surface area (TPSA) is 46.9 Å². The van der Waals surface area contributed by atoms with Crippen molar-refractivity contribution in [1.29, 1.82) is 0 Å². The Morgan fingerprint density at radius 2 is 1.92 bits per heavy atom. The van der Waals surface area contributed by atoms with Crippen molar-refractivity contribution in [3.63, 3.8) is 0 Å². The van der Waals surface area contributed by atoms with Gasteiger partial charge in [-0.05, 0) is 35.9 Å². The molecule has 4 nitrogen and oxygen atoms in total. The van der Waals surface area contributed by atoms with Crippen molar-refractivity contribution in [1.82, 2.24) is 9.78 Å². The van der Waals surface area contributed by atoms with E-state index in [4.69, 9.17) is 23.2 Å². The molecular weight excluding hydrogens is 413 g/mol. The number of carbonyl (C=O) groups excluding carboxylic acids is 1. The minimum atomic E-state index is -0.269. The Kier molecular flexibility index (Phi) is 5.23. The smallest absolute Gasteiger partial charge is 0.256 e. The first kappa shape index (κ1) is 17.0. The lowest BCUT2D eigenvalue weighted by molar-refractivity contribution is 0.102. The molecule has 0 aliphatic heterocycles. The molecule has 1 N–H and O–H groups in total. The largest absolute Gasteiger partial charge is 0.304 e. The van der Waals surface area contributed by atoms with E-state index in [-0.39, 0.29) is 5.91 Å². The maximum absolute atomic E-state index is 12.3. The third-order valence-electron chi connectivity index (χ3n) is 3.29. The zero-order chi connectivity index (χ0) is 17.1. The summed E-state index contributed by atoms with van der Waals surface area (Å²) in [5, 5.41) is 8.11. The van der Waals surface area contributed by atoms with E-state index in [9.17, 15) is 4.79 Å². The molecular formula is C17H12BrCl2N3O. The lowest BCUT2D eigenvalue weighted by Crippen LogP contribution is -2.13. The maximum atomic E-state index is 12.3. The number of anilines is 1. The summed E-state index contributed by atoms with van der Waals surface area (Å²) in [7, 11) is 0. The second-order valence-corrected chi connectivity index (χ2v) is 6.87. The number of rotatable bonds is 4. The van der Waals surface area contributed by atoms with Crippen molar-refractivity contribution in [2.45, 2.75) is 6.54 Å². The molecule has 1 amide bonds. The van der Waals surface area contributed by atoms with Gasteiger partial charge in [-0.25, -0.2) is 0 Å². The summed E-state index contributed by atoms with van der Waals surface area (Å²) in [5.41, 5.74) is 1.55. The van der Waals surface area contributed by atoms with Crippen LogP contribution in [-0.4, -0.2) is 15.7 Å². The number of benzene rings is 2. The van der Waals surface area contributed by atoms with Crippen molar-refractivity contribution >= 4 is 50.9 Å². The number of amides is 1. The maximum Gasteiger partial charge on any atom is 0.256 e. The number of nitrogens with one attached hydrogen (secondary N) is 1. The number of aromatic nitrogens is 2. The van der Waals surface area contributed by atoms with Crippen LogP contribution < -0.4 is 5.32 Å². The van der Waals surface area contributed by atoms with Crippen LogP contribution in [0.2, 0.25) is 10.0 Å². The summed E-state index contributed by atoms with van der Waals surface area (Å²) in [6.07, 6.45) is 1.67. The first-order valence-corrected chi connectivity index (χ1v) is 8.60. The van der Waals surface area contributed by atoms with E-state index in [0.29, 0.717) is 28.0 Å². The van der Waals surface area contributed by atoms with Crippen molar-refractivity contribution in [3.8, 4) is 0 Å². The van der Waals surface area contributed by atoms with Crippen LogP contribution in [0.3, 0.4) is 0 Å². The molecule has 0 aliphatic rings. The zero-order valence-electron chi connectivity index (χ0n) is 12.3. The Hall–Kier alpha value is -1.82. The summed E-state index contributed by atoms with van der Waals surface area (Å²) >= 11 is 15.4. The second-order valence-electron chi connectivity index (χ2n) is 5.11. The number of hydrogen-bond acceptors (Lipinski definition) is 2. The Labute approximate surface area is 157 Å². The molecule has 0 radical (unpaired) electrons. The highest BCUT2D eigenvalue weighted by Gasteiger charge is 2.12. The normalized spacial score (nSPS) is 10.6. The van der Waals surface area contributed by atoms with Gasteiger partial charge in [-0.1, -0.05) is 57.3 Å². The molecule has 0 unspecified atom stereocenters. The summed E-state index contributed by atoms with van der Waals surface area (Å²) in [4.78, 5) is 12.3. The van der Waals surface area contributed by atoms with Gasteiger partial charge in [0.1, 0.15) is 5.02 Å². The monoisotopic (exact) mass is 423 g/mol. The molecule has 0 bridgehead atoms. The molecule has 0 aliphatic carbocycles. The molecule has 122 valence electrons. The summed E-state index contributed by atoms with van der Waals surface area (Å²) in [6, 6.07) is 14.6. The van der Waals surface area contributed by atoms with Gasteiger partial charge in [0.2, 0.25) is 0 Å². The molecule has 0 fully saturated rings. The fraction of sp³-hybridized carbons (Fsp3) is 0.0588. The highest BCUT2D eigenvalue weighted by Crippen LogP contribution is 2.22. The first-order chi connectivity index (χ1) is 11.5. The molecule has 0 saturated heterocycles. The summed E-state index contributed by atoms with van der Waals surface area (Å²) < 4.78 is 2.50. The molecule has 7 heteroatoms. The van der Waals surface area contributed by atoms with Crippen LogP contribution in [0.1, 0.15) is 15.9 Å². The van der Waals surface area contributed by atoms with Gasteiger partial charge in [-0.2, -0.15) is 5.10 Å². The molecule has 3 aromatic rings. The van der Waals surface area contributed by atoms with Crippen LogP contribution in [0.25, 0.3) is 0 Å². The lowest BCUT2D eigenvalue weighted by Gasteiger charge is -2.04. The fourth-order valence-electron chi connectivity index (χ4n) is 2.15. The van der Waals surface area contributed by atoms with Crippen LogP contribution in [0, 0.1) is 0 Å². The first-order valence-electron chi connectivity index (χ1n) is 7.05. The third kappa shape index (κ3) is 4.17. The number of hydrogen-bond donors (Lipinski definition) is 1. The molecule has 0 spiro atoms. The number of nitrogens with zero attached hydrogens (tertiary/aromatic N) is 2. The van der Waals surface area contributed by atoms with Gasteiger partial charge in [0.15, 0.2) is 5.82 Å². The molecule has 3 rings (SSSR count). The standard InChI is InChI=1S/C17H12BrCl2N3O/c18-13-3-1-2-12(8-13)17(24)21-16-15(20)10-23(22-16)9-11-4-6-14(19)7-5-11/h1-8,10H,9H2,(H,21,22,24). The Morgan fingerprint density at radius 3 is 2.62 bits per heavy atom. The van der Waals surface area contributed by atoms with E-state index in [1.165, 1.54) is 0 Å². The van der Waals surface area contributed by atoms with E-state index in [2.05, 4.69) is 26.3 Å². The van der Waals surface area contributed by atoms with E-state index in [1.807, 2.05) is 30.3 Å². The summed E-state index contributed by atoms with van der Waals surface area (Å²) in [6.45, 7) is 0.531. The minimum absolute atomic E-state index is 0.269. The average molecular weight is 425 g/mol. The lowest BCUT2D eigenvalue weighted by atomic mass is 10.2. The molecule has 1 heterocycles. The molecule has 0 atom stereocenters. The Morgan fingerprint density at radius 1 is 1.17 bits per heavy atom. The third-order valence-corrected chi connectivity index (χ3v) is 4.32. The molecule has 0 saturated carbocycles. The van der Waals surface area contributed by atoms with Gasteiger partial charge in [0.05, 0.1) is 6.54 Å². The molecule has 2 aromatic carbocycles. The molecule has 1 aromatic heterocycles. The highest BCUT2D eigenvalue weighted by atomic mass is 79.9. The van der Waals surface area contributed by atoms with E-state index >= 15 is 0 Å². The predicted octanol–water partition coefficient (Wildman–Crippen LogP) is 5.25.